The van der Waals surface area contributed by atoms with Gasteiger partial charge in [0.15, 0.2) is 0 Å². The maximum atomic E-state index is 9.26. The smallest absolute Gasteiger partial charge is 0.0991 e. The van der Waals surface area contributed by atoms with Crippen molar-refractivity contribution in [3.63, 3.8) is 0 Å². The average molecular weight is 529 g/mol. The Hall–Kier alpha value is -4.97. The first-order valence-electron chi connectivity index (χ1n) is 14.1. The second kappa shape index (κ2) is 11.3. The molecule has 2 N–H and O–H groups in total. The van der Waals surface area contributed by atoms with Gasteiger partial charge in [-0.05, 0) is 68.3 Å². The molecule has 0 aliphatic carbocycles. The third-order valence-corrected chi connectivity index (χ3v) is 8.37. The molecule has 0 fully saturated rings. The second-order valence-electron chi connectivity index (χ2n) is 10.8. The van der Waals surface area contributed by atoms with Gasteiger partial charge in [-0.2, -0.15) is 5.26 Å². The van der Waals surface area contributed by atoms with E-state index in [1.807, 2.05) is 36.4 Å². The highest BCUT2D eigenvalue weighted by Gasteiger charge is 2.35. The van der Waals surface area contributed by atoms with Crippen LogP contribution in [0.4, 0.5) is 0 Å². The van der Waals surface area contributed by atoms with Gasteiger partial charge in [0.05, 0.1) is 17.2 Å². The zero-order valence-corrected chi connectivity index (χ0v) is 23.2. The van der Waals surface area contributed by atoms with E-state index in [-0.39, 0.29) is 5.92 Å². The standard InChI is InChI=1S/C39H32N2/c1-28(39(41,35-14-6-3-7-15-35)26-29-10-4-2-5-11-29)31-22-24-33(25-23-31)37-17-9-13-34-12-8-16-36(38(34)37)32-20-18-30(27-40)19-21-32/h2-25,28H,26,41H2,1H3. The van der Waals surface area contributed by atoms with Crippen molar-refractivity contribution in [3.8, 4) is 28.3 Å². The maximum absolute atomic E-state index is 9.26. The normalized spacial score (nSPS) is 13.3. The molecular formula is C39H32N2. The Kier molecular flexibility index (Phi) is 7.21. The van der Waals surface area contributed by atoms with E-state index in [9.17, 15) is 5.26 Å². The highest BCUT2D eigenvalue weighted by Crippen LogP contribution is 2.40. The number of nitriles is 1. The third kappa shape index (κ3) is 5.16. The third-order valence-electron chi connectivity index (χ3n) is 8.37. The molecule has 0 radical (unpaired) electrons. The highest BCUT2D eigenvalue weighted by molar-refractivity contribution is 6.06. The van der Waals surface area contributed by atoms with Gasteiger partial charge >= 0.3 is 0 Å². The lowest BCUT2D eigenvalue weighted by Gasteiger charge is -2.37. The van der Waals surface area contributed by atoms with Crippen molar-refractivity contribution in [1.82, 2.24) is 0 Å². The molecule has 2 unspecified atom stereocenters. The van der Waals surface area contributed by atoms with Crippen LogP contribution in [0.1, 0.15) is 35.1 Å². The van der Waals surface area contributed by atoms with Gasteiger partial charge in [-0.25, -0.2) is 0 Å². The van der Waals surface area contributed by atoms with Gasteiger partial charge in [-0.3, -0.25) is 0 Å². The van der Waals surface area contributed by atoms with Crippen molar-refractivity contribution in [3.05, 3.63) is 168 Å². The number of hydrogen-bond acceptors (Lipinski definition) is 2. The van der Waals surface area contributed by atoms with Gasteiger partial charge in [-0.1, -0.05) is 140 Å². The van der Waals surface area contributed by atoms with Crippen LogP contribution in [0.3, 0.4) is 0 Å². The number of hydrogen-bond donors (Lipinski definition) is 1. The van der Waals surface area contributed by atoms with Gasteiger partial charge in [0, 0.05) is 5.92 Å². The minimum Gasteiger partial charge on any atom is -0.321 e. The van der Waals surface area contributed by atoms with Crippen LogP contribution in [0.5, 0.6) is 0 Å². The Balaban J connectivity index is 1.39. The summed E-state index contributed by atoms with van der Waals surface area (Å²) >= 11 is 0. The van der Waals surface area contributed by atoms with E-state index >= 15 is 0 Å². The lowest BCUT2D eigenvalue weighted by molar-refractivity contribution is 0.369. The van der Waals surface area contributed by atoms with Crippen LogP contribution < -0.4 is 5.73 Å². The maximum Gasteiger partial charge on any atom is 0.0991 e. The van der Waals surface area contributed by atoms with E-state index in [4.69, 9.17) is 5.73 Å². The summed E-state index contributed by atoms with van der Waals surface area (Å²) in [6.45, 7) is 2.24. The summed E-state index contributed by atoms with van der Waals surface area (Å²) in [5.74, 6) is 0.0842. The number of nitrogens with zero attached hydrogens (tertiary/aromatic N) is 1. The Morgan fingerprint density at radius 3 is 1.73 bits per heavy atom. The van der Waals surface area contributed by atoms with Crippen LogP contribution in [0.2, 0.25) is 0 Å². The summed E-state index contributed by atoms with van der Waals surface area (Å²) in [4.78, 5) is 0. The number of benzene rings is 6. The van der Waals surface area contributed by atoms with Crippen molar-refractivity contribution in [1.29, 1.82) is 5.26 Å². The molecule has 0 saturated carbocycles. The molecule has 0 spiro atoms. The number of fused-ring (bicyclic) bond motifs is 1. The molecular weight excluding hydrogens is 496 g/mol. The SMILES string of the molecule is CC(c1ccc(-c2cccc3cccc(-c4ccc(C#N)cc4)c23)cc1)C(N)(Cc1ccccc1)c1ccccc1. The molecule has 0 aliphatic heterocycles. The van der Waals surface area contributed by atoms with E-state index < -0.39 is 5.54 Å². The lowest BCUT2D eigenvalue weighted by Crippen LogP contribution is -2.44. The molecule has 198 valence electrons. The highest BCUT2D eigenvalue weighted by atomic mass is 14.8. The molecule has 2 atom stereocenters. The summed E-state index contributed by atoms with van der Waals surface area (Å²) in [6, 6.07) is 52.9. The monoisotopic (exact) mass is 528 g/mol. The van der Waals surface area contributed by atoms with Crippen LogP contribution in [0, 0.1) is 11.3 Å². The molecule has 0 saturated heterocycles. The van der Waals surface area contributed by atoms with Crippen LogP contribution in [-0.4, -0.2) is 0 Å². The first-order valence-corrected chi connectivity index (χ1v) is 14.1. The van der Waals surface area contributed by atoms with Crippen molar-refractivity contribution in [2.75, 3.05) is 0 Å². The molecule has 0 amide bonds. The van der Waals surface area contributed by atoms with Crippen LogP contribution in [0.15, 0.2) is 146 Å². The lowest BCUT2D eigenvalue weighted by atomic mass is 9.72. The van der Waals surface area contributed by atoms with Crippen molar-refractivity contribution < 1.29 is 0 Å². The molecule has 0 heterocycles. The Morgan fingerprint density at radius 2 is 1.17 bits per heavy atom. The summed E-state index contributed by atoms with van der Waals surface area (Å²) in [5, 5.41) is 11.7. The van der Waals surface area contributed by atoms with E-state index in [1.165, 1.54) is 27.5 Å². The summed E-state index contributed by atoms with van der Waals surface area (Å²) < 4.78 is 0. The van der Waals surface area contributed by atoms with Crippen LogP contribution >= 0.6 is 0 Å². The van der Waals surface area contributed by atoms with Crippen molar-refractivity contribution in [2.45, 2.75) is 24.8 Å². The van der Waals surface area contributed by atoms with Gasteiger partial charge in [0.25, 0.3) is 0 Å². The zero-order valence-electron chi connectivity index (χ0n) is 23.2. The Labute approximate surface area is 242 Å². The first-order chi connectivity index (χ1) is 20.1. The quantitative estimate of drug-likeness (QED) is 0.224. The number of rotatable bonds is 7. The van der Waals surface area contributed by atoms with E-state index in [0.717, 1.165) is 28.7 Å². The fourth-order valence-corrected chi connectivity index (χ4v) is 5.98. The summed E-state index contributed by atoms with van der Waals surface area (Å²) in [6.07, 6.45) is 0.748. The van der Waals surface area contributed by atoms with E-state index in [1.54, 1.807) is 0 Å². The topological polar surface area (TPSA) is 49.8 Å². The fraction of sp³-hybridized carbons (Fsp3) is 0.103. The molecule has 0 bridgehead atoms. The van der Waals surface area contributed by atoms with Gasteiger partial charge in [-0.15, -0.1) is 0 Å². The van der Waals surface area contributed by atoms with Crippen LogP contribution in [-0.2, 0) is 12.0 Å². The van der Waals surface area contributed by atoms with Gasteiger partial charge in [0.1, 0.15) is 0 Å². The average Bonchev–Trinajstić information content (AvgIpc) is 3.05. The molecule has 2 nitrogen and oxygen atoms in total. The fourth-order valence-electron chi connectivity index (χ4n) is 5.98. The van der Waals surface area contributed by atoms with E-state index in [0.29, 0.717) is 5.56 Å². The predicted molar refractivity (Wildman–Crippen MR) is 170 cm³/mol. The second-order valence-corrected chi connectivity index (χ2v) is 10.8. The Bertz CT molecular complexity index is 1810. The Morgan fingerprint density at radius 1 is 0.634 bits per heavy atom. The molecule has 2 heteroatoms. The number of nitrogens with two attached hydrogens (primary N) is 1. The summed E-state index contributed by atoms with van der Waals surface area (Å²) in [7, 11) is 0. The van der Waals surface area contributed by atoms with Crippen molar-refractivity contribution in [2.24, 2.45) is 5.73 Å². The van der Waals surface area contributed by atoms with E-state index in [2.05, 4.69) is 122 Å². The molecule has 41 heavy (non-hydrogen) atoms. The predicted octanol–water partition coefficient (Wildman–Crippen LogP) is 9.25. The van der Waals surface area contributed by atoms with Gasteiger partial charge in [0.2, 0.25) is 0 Å². The summed E-state index contributed by atoms with van der Waals surface area (Å²) in [5.41, 5.74) is 15.6. The molecule has 6 rings (SSSR count). The van der Waals surface area contributed by atoms with Gasteiger partial charge < -0.3 is 5.73 Å². The minimum absolute atomic E-state index is 0.0842. The molecule has 6 aromatic carbocycles. The first kappa shape index (κ1) is 26.3. The zero-order chi connectivity index (χ0) is 28.2. The molecule has 6 aromatic rings. The van der Waals surface area contributed by atoms with Crippen molar-refractivity contribution >= 4 is 10.8 Å². The van der Waals surface area contributed by atoms with Crippen LogP contribution in [0.25, 0.3) is 33.0 Å². The largest absolute Gasteiger partial charge is 0.321 e. The molecule has 0 aromatic heterocycles. The molecule has 0 aliphatic rings. The minimum atomic E-state index is -0.563.